The van der Waals surface area contributed by atoms with Crippen molar-refractivity contribution in [3.8, 4) is 11.5 Å². The van der Waals surface area contributed by atoms with Crippen LogP contribution in [0.15, 0.2) is 83.3 Å². The molecule has 0 saturated heterocycles. The SMILES string of the molecule is O=C(c1ccccc1)C1Oc2ccccc2OC1c1ccc(Br)cc1. The van der Waals surface area contributed by atoms with Crippen molar-refractivity contribution in [3.05, 3.63) is 94.5 Å². The molecule has 2 unspecified atom stereocenters. The lowest BCUT2D eigenvalue weighted by molar-refractivity contribution is 0.0210. The standard InChI is InChI=1S/C21H15BrO3/c22-16-12-10-15(11-13-16)20-21(19(23)14-6-2-1-3-7-14)25-18-9-5-4-8-17(18)24-20/h1-13,20-21H. The molecule has 2 atom stereocenters. The van der Waals surface area contributed by atoms with Gasteiger partial charge in [0, 0.05) is 10.0 Å². The average Bonchev–Trinajstić information content (AvgIpc) is 2.68. The third-order valence-corrected chi connectivity index (χ3v) is 4.68. The third-order valence-electron chi connectivity index (χ3n) is 4.15. The van der Waals surface area contributed by atoms with E-state index >= 15 is 0 Å². The summed E-state index contributed by atoms with van der Waals surface area (Å²) in [6.07, 6.45) is -1.24. The fourth-order valence-electron chi connectivity index (χ4n) is 2.90. The molecule has 0 bridgehead atoms. The molecule has 25 heavy (non-hydrogen) atoms. The number of rotatable bonds is 3. The number of para-hydroxylation sites is 2. The first-order chi connectivity index (χ1) is 12.2. The molecule has 1 aliphatic rings. The lowest BCUT2D eigenvalue weighted by Gasteiger charge is -2.33. The van der Waals surface area contributed by atoms with Gasteiger partial charge in [-0.25, -0.2) is 0 Å². The van der Waals surface area contributed by atoms with Gasteiger partial charge in [-0.15, -0.1) is 0 Å². The number of hydrogen-bond donors (Lipinski definition) is 0. The Kier molecular flexibility index (Phi) is 4.28. The molecule has 0 aliphatic carbocycles. The highest BCUT2D eigenvalue weighted by atomic mass is 79.9. The normalized spacial score (nSPS) is 18.6. The van der Waals surface area contributed by atoms with E-state index in [0.29, 0.717) is 17.1 Å². The van der Waals surface area contributed by atoms with Crippen LogP contribution < -0.4 is 9.47 Å². The van der Waals surface area contributed by atoms with Gasteiger partial charge >= 0.3 is 0 Å². The second kappa shape index (κ2) is 6.73. The lowest BCUT2D eigenvalue weighted by Crippen LogP contribution is -2.39. The minimum Gasteiger partial charge on any atom is -0.477 e. The fraction of sp³-hybridized carbons (Fsp3) is 0.0952. The molecule has 3 aromatic carbocycles. The number of carbonyl (C=O) groups excluding carboxylic acids is 1. The van der Waals surface area contributed by atoms with Crippen LogP contribution in [0.2, 0.25) is 0 Å². The highest BCUT2D eigenvalue weighted by Gasteiger charge is 2.38. The Morgan fingerprint density at radius 2 is 1.36 bits per heavy atom. The zero-order chi connectivity index (χ0) is 17.2. The number of fused-ring (bicyclic) bond motifs is 1. The highest BCUT2D eigenvalue weighted by molar-refractivity contribution is 9.10. The Morgan fingerprint density at radius 1 is 0.760 bits per heavy atom. The van der Waals surface area contributed by atoms with Gasteiger partial charge in [-0.1, -0.05) is 70.5 Å². The Hall–Kier alpha value is -2.59. The molecule has 0 saturated carbocycles. The van der Waals surface area contributed by atoms with E-state index in [2.05, 4.69) is 15.9 Å². The van der Waals surface area contributed by atoms with Gasteiger partial charge in [0.05, 0.1) is 0 Å². The maximum absolute atomic E-state index is 13.0. The number of carbonyl (C=O) groups is 1. The topological polar surface area (TPSA) is 35.5 Å². The maximum atomic E-state index is 13.0. The summed E-state index contributed by atoms with van der Waals surface area (Å²) >= 11 is 3.44. The van der Waals surface area contributed by atoms with Gasteiger partial charge in [-0.3, -0.25) is 4.79 Å². The van der Waals surface area contributed by atoms with E-state index in [1.807, 2.05) is 66.7 Å². The van der Waals surface area contributed by atoms with Crippen LogP contribution in [0.3, 0.4) is 0 Å². The molecule has 4 heteroatoms. The van der Waals surface area contributed by atoms with Crippen molar-refractivity contribution >= 4 is 21.7 Å². The predicted molar refractivity (Wildman–Crippen MR) is 99.1 cm³/mol. The zero-order valence-corrected chi connectivity index (χ0v) is 14.8. The maximum Gasteiger partial charge on any atom is 0.207 e. The predicted octanol–water partition coefficient (Wildman–Crippen LogP) is 5.21. The van der Waals surface area contributed by atoms with E-state index in [1.165, 1.54) is 0 Å². The Bertz CT molecular complexity index is 891. The van der Waals surface area contributed by atoms with Crippen LogP contribution in [0, 0.1) is 0 Å². The van der Waals surface area contributed by atoms with Crippen molar-refractivity contribution in [1.82, 2.24) is 0 Å². The highest BCUT2D eigenvalue weighted by Crippen LogP contribution is 2.40. The number of halogens is 1. The third kappa shape index (κ3) is 3.17. The summed E-state index contributed by atoms with van der Waals surface area (Å²) < 4.78 is 13.2. The van der Waals surface area contributed by atoms with Crippen LogP contribution in [0.25, 0.3) is 0 Å². The second-order valence-electron chi connectivity index (χ2n) is 5.81. The van der Waals surface area contributed by atoms with E-state index in [9.17, 15) is 4.79 Å². The summed E-state index contributed by atoms with van der Waals surface area (Å²) in [5.74, 6) is 1.14. The summed E-state index contributed by atoms with van der Waals surface area (Å²) in [6.45, 7) is 0. The van der Waals surface area contributed by atoms with Crippen LogP contribution in [-0.2, 0) is 0 Å². The molecule has 0 amide bonds. The molecule has 0 aromatic heterocycles. The van der Waals surface area contributed by atoms with Crippen LogP contribution in [0.1, 0.15) is 22.0 Å². The molecule has 0 N–H and O–H groups in total. The summed E-state index contributed by atoms with van der Waals surface area (Å²) in [6, 6.07) is 24.3. The smallest absolute Gasteiger partial charge is 0.207 e. The molecule has 0 fully saturated rings. The Labute approximate surface area is 154 Å². The van der Waals surface area contributed by atoms with Crippen molar-refractivity contribution in [3.63, 3.8) is 0 Å². The van der Waals surface area contributed by atoms with E-state index in [4.69, 9.17) is 9.47 Å². The number of hydrogen-bond acceptors (Lipinski definition) is 3. The van der Waals surface area contributed by atoms with E-state index in [0.717, 1.165) is 10.0 Å². The minimum atomic E-state index is -0.738. The molecule has 1 aliphatic heterocycles. The van der Waals surface area contributed by atoms with Crippen LogP contribution in [0.4, 0.5) is 0 Å². The number of benzene rings is 3. The molecule has 4 rings (SSSR count). The summed E-state index contributed by atoms with van der Waals surface area (Å²) in [5.41, 5.74) is 1.50. The van der Waals surface area contributed by atoms with Gasteiger partial charge in [-0.2, -0.15) is 0 Å². The summed E-state index contributed by atoms with van der Waals surface area (Å²) in [7, 11) is 0. The van der Waals surface area contributed by atoms with Gasteiger partial charge < -0.3 is 9.47 Å². The molecule has 0 radical (unpaired) electrons. The first-order valence-electron chi connectivity index (χ1n) is 7.99. The van der Waals surface area contributed by atoms with Gasteiger partial charge in [0.25, 0.3) is 0 Å². The van der Waals surface area contributed by atoms with E-state index < -0.39 is 12.2 Å². The first-order valence-corrected chi connectivity index (χ1v) is 8.79. The molecule has 1 heterocycles. The van der Waals surface area contributed by atoms with Crippen LogP contribution in [-0.4, -0.2) is 11.9 Å². The molecule has 0 spiro atoms. The van der Waals surface area contributed by atoms with Gasteiger partial charge in [0.1, 0.15) is 0 Å². The molecule has 3 aromatic rings. The average molecular weight is 395 g/mol. The molecular weight excluding hydrogens is 380 g/mol. The van der Waals surface area contributed by atoms with Crippen LogP contribution in [0.5, 0.6) is 11.5 Å². The lowest BCUT2D eigenvalue weighted by atomic mass is 9.96. The molecule has 3 nitrogen and oxygen atoms in total. The van der Waals surface area contributed by atoms with Gasteiger partial charge in [-0.05, 0) is 29.8 Å². The van der Waals surface area contributed by atoms with Crippen molar-refractivity contribution < 1.29 is 14.3 Å². The second-order valence-corrected chi connectivity index (χ2v) is 6.72. The Balaban J connectivity index is 1.75. The summed E-state index contributed by atoms with van der Waals surface area (Å²) in [4.78, 5) is 13.0. The van der Waals surface area contributed by atoms with Crippen molar-refractivity contribution in [2.24, 2.45) is 0 Å². The number of Topliss-reactive ketones (excluding diaryl/α,β-unsaturated/α-hetero) is 1. The Morgan fingerprint density at radius 3 is 2.04 bits per heavy atom. The van der Waals surface area contributed by atoms with Crippen molar-refractivity contribution in [2.75, 3.05) is 0 Å². The summed E-state index contributed by atoms with van der Waals surface area (Å²) in [5, 5.41) is 0. The van der Waals surface area contributed by atoms with E-state index in [1.54, 1.807) is 12.1 Å². The number of ether oxygens (including phenoxy) is 2. The monoisotopic (exact) mass is 394 g/mol. The molecular formula is C21H15BrO3. The van der Waals surface area contributed by atoms with Crippen LogP contribution >= 0.6 is 15.9 Å². The van der Waals surface area contributed by atoms with Crippen molar-refractivity contribution in [1.29, 1.82) is 0 Å². The van der Waals surface area contributed by atoms with Gasteiger partial charge in [0.2, 0.25) is 11.9 Å². The van der Waals surface area contributed by atoms with E-state index in [-0.39, 0.29) is 5.78 Å². The fourth-order valence-corrected chi connectivity index (χ4v) is 3.16. The largest absolute Gasteiger partial charge is 0.477 e. The quantitative estimate of drug-likeness (QED) is 0.571. The first kappa shape index (κ1) is 15.9. The van der Waals surface area contributed by atoms with Gasteiger partial charge in [0.15, 0.2) is 17.6 Å². The minimum absolute atomic E-state index is 0.0944. The zero-order valence-electron chi connectivity index (χ0n) is 13.3. The number of ketones is 1. The molecule has 124 valence electrons. The van der Waals surface area contributed by atoms with Crippen molar-refractivity contribution in [2.45, 2.75) is 12.2 Å².